The van der Waals surface area contributed by atoms with Gasteiger partial charge < -0.3 is 68.5 Å². The number of aliphatic carboxylic acids is 1. The molecule has 20 nitrogen and oxygen atoms in total. The largest absolute Gasteiger partial charge is 0.480 e. The standard InChI is InChI=1S/C68H127N2O18P/c1-7-11-15-19-22-25-26-27-28-29-30-32-34-38-42-46-58(72)69-62-66(83-49-47-55(81-6)45-41-36-18-14-10-4)64(88-89(77,78)79)57(51-80-5)87-68(62)84-52-56-63(76)65(82-48-43-39-35-24-21-17-13-9-3)61(67(86-56)85-53-60(74)75)70-59(73)50-54(71)44-40-37-33-31-23-20-16-12-8-2/h25-26,55-57,61-68,76H,7-24,27-53H2,1-6H3,(H,69,72)(H,70,73)(H,74,75)(H2,77,78,79)/b26-25-/t55-,56-,57-,61-,62-,63-,64-,65-,66-,67+,68-/m1/s1. The second-order valence-electron chi connectivity index (χ2n) is 24.9. The number of unbranched alkanes of at least 4 members (excludes halogenated alkanes) is 30. The molecular weight excluding hydrogens is 1160 g/mol. The molecule has 6 N–H and O–H groups in total. The fourth-order valence-electron chi connectivity index (χ4n) is 11.8. The number of ether oxygens (including phenoxy) is 8. The Balaban J connectivity index is 2.44. The molecule has 21 heteroatoms. The van der Waals surface area contributed by atoms with Crippen LogP contribution in [0.2, 0.25) is 0 Å². The first kappa shape index (κ1) is 82.7. The minimum atomic E-state index is -5.24. The fraction of sp³-hybridized carbons (Fsp3) is 0.912. The molecule has 2 saturated heterocycles. The quantitative estimate of drug-likeness (QED) is 0.0143. The van der Waals surface area contributed by atoms with Crippen LogP contribution < -0.4 is 10.6 Å². The molecule has 0 aliphatic carbocycles. The SMILES string of the molecule is CCCCCC/C=C\CCCCCCCCCC(=O)N[C@H]1[C@H](OC[C@H]2O[C@H](OCC(=O)O)[C@H](NC(=O)CC(=O)CCCCCCCCCCC)[C@@H](OCCCCCCCCCC)[C@@H]2O)O[C@H](COC)[C@@H](OP(=O)(O)O)[C@@H]1OCC[C@@H](CCCCCCC)OC. The number of Topliss-reactive ketones (excluding diaryl/α,β-unsaturated/α-hetero) is 1. The zero-order chi connectivity index (χ0) is 65.2. The molecule has 0 unspecified atom stereocenters. The van der Waals surface area contributed by atoms with Gasteiger partial charge in [0, 0.05) is 40.3 Å². The highest BCUT2D eigenvalue weighted by molar-refractivity contribution is 7.46. The molecule has 0 spiro atoms. The van der Waals surface area contributed by atoms with Gasteiger partial charge in [-0.05, 0) is 57.8 Å². The highest BCUT2D eigenvalue weighted by atomic mass is 31.2. The summed E-state index contributed by atoms with van der Waals surface area (Å²) in [5.74, 6) is -2.63. The second kappa shape index (κ2) is 53.9. The number of ketones is 1. The highest BCUT2D eigenvalue weighted by Gasteiger charge is 2.53. The summed E-state index contributed by atoms with van der Waals surface area (Å²) in [7, 11) is -2.23. The van der Waals surface area contributed by atoms with Crippen LogP contribution in [0.1, 0.15) is 285 Å². The first-order valence-corrected chi connectivity index (χ1v) is 36.8. The van der Waals surface area contributed by atoms with Gasteiger partial charge in [0.2, 0.25) is 11.8 Å². The van der Waals surface area contributed by atoms with Crippen LogP contribution >= 0.6 is 7.82 Å². The molecule has 0 aromatic carbocycles. The van der Waals surface area contributed by atoms with Gasteiger partial charge in [-0.3, -0.25) is 18.9 Å². The lowest BCUT2D eigenvalue weighted by atomic mass is 9.95. The number of hydrogen-bond donors (Lipinski definition) is 6. The Kier molecular flexibility index (Phi) is 50.0. The van der Waals surface area contributed by atoms with E-state index in [1.807, 2.05) is 0 Å². The van der Waals surface area contributed by atoms with Gasteiger partial charge in [0.15, 0.2) is 12.6 Å². The maximum atomic E-state index is 14.1. The summed E-state index contributed by atoms with van der Waals surface area (Å²) in [4.78, 5) is 73.8. The maximum absolute atomic E-state index is 14.1. The maximum Gasteiger partial charge on any atom is 0.470 e. The number of aliphatic hydroxyl groups is 1. The van der Waals surface area contributed by atoms with Crippen LogP contribution in [0.15, 0.2) is 12.2 Å². The van der Waals surface area contributed by atoms with Gasteiger partial charge >= 0.3 is 13.8 Å². The Labute approximate surface area is 537 Å². The molecule has 89 heavy (non-hydrogen) atoms. The third-order valence-corrected chi connectivity index (χ3v) is 17.5. The number of carbonyl (C=O) groups is 4. The summed E-state index contributed by atoms with van der Waals surface area (Å²) in [6.45, 7) is 7.37. The fourth-order valence-corrected chi connectivity index (χ4v) is 12.3. The molecule has 0 saturated carbocycles. The van der Waals surface area contributed by atoms with Gasteiger partial charge in [0.05, 0.1) is 25.7 Å². The molecular formula is C68H127N2O18P. The molecule has 11 atom stereocenters. The number of methoxy groups -OCH3 is 2. The predicted molar refractivity (Wildman–Crippen MR) is 347 cm³/mol. The summed E-state index contributed by atoms with van der Waals surface area (Å²) >= 11 is 0. The smallest absolute Gasteiger partial charge is 0.470 e. The van der Waals surface area contributed by atoms with Crippen LogP contribution in [-0.2, 0) is 66.2 Å². The second-order valence-corrected chi connectivity index (χ2v) is 26.1. The zero-order valence-electron chi connectivity index (χ0n) is 56.3. The molecule has 2 amide bonds. The van der Waals surface area contributed by atoms with E-state index in [1.54, 1.807) is 7.11 Å². The van der Waals surface area contributed by atoms with Crippen molar-refractivity contribution in [1.29, 1.82) is 0 Å². The van der Waals surface area contributed by atoms with E-state index in [-0.39, 0.29) is 50.5 Å². The molecule has 2 heterocycles. The Morgan fingerprint density at radius 2 is 0.966 bits per heavy atom. The minimum absolute atomic E-state index is 0.0379. The Morgan fingerprint density at radius 3 is 1.51 bits per heavy atom. The van der Waals surface area contributed by atoms with Crippen molar-refractivity contribution in [3.05, 3.63) is 12.2 Å². The Bertz CT molecular complexity index is 1850. The average Bonchev–Trinajstić information content (AvgIpc) is 1.11. The highest BCUT2D eigenvalue weighted by Crippen LogP contribution is 2.43. The van der Waals surface area contributed by atoms with Gasteiger partial charge in [-0.2, -0.15) is 0 Å². The number of carboxylic acids is 1. The van der Waals surface area contributed by atoms with Crippen LogP contribution in [0, 0.1) is 0 Å². The van der Waals surface area contributed by atoms with Crippen molar-refractivity contribution in [2.24, 2.45) is 0 Å². The number of amides is 2. The lowest BCUT2D eigenvalue weighted by Crippen LogP contribution is -2.68. The number of nitrogens with one attached hydrogen (secondary N) is 2. The van der Waals surface area contributed by atoms with Crippen LogP contribution in [0.5, 0.6) is 0 Å². The van der Waals surface area contributed by atoms with E-state index < -0.39 is 101 Å². The first-order valence-electron chi connectivity index (χ1n) is 35.3. The van der Waals surface area contributed by atoms with Crippen LogP contribution in [-0.4, -0.2) is 158 Å². The van der Waals surface area contributed by atoms with E-state index in [0.29, 0.717) is 25.7 Å². The molecule has 522 valence electrons. The number of hydrogen-bond acceptors (Lipinski definition) is 15. The third kappa shape index (κ3) is 40.4. The number of rotatable bonds is 60. The summed E-state index contributed by atoms with van der Waals surface area (Å²) < 4.78 is 67.7. The van der Waals surface area contributed by atoms with E-state index in [0.717, 1.165) is 148 Å². The van der Waals surface area contributed by atoms with E-state index in [9.17, 15) is 43.7 Å². The lowest BCUT2D eigenvalue weighted by molar-refractivity contribution is -0.308. The Hall–Kier alpha value is -2.43. The monoisotopic (exact) mass is 1290 g/mol. The van der Waals surface area contributed by atoms with Crippen LogP contribution in [0.4, 0.5) is 0 Å². The average molecular weight is 1290 g/mol. The molecule has 0 radical (unpaired) electrons. The van der Waals surface area contributed by atoms with Crippen LogP contribution in [0.3, 0.4) is 0 Å². The number of carboxylic acid groups (broad SMARTS) is 1. The summed E-state index contributed by atoms with van der Waals surface area (Å²) in [5.41, 5.74) is 0. The van der Waals surface area contributed by atoms with E-state index >= 15 is 0 Å². The summed E-state index contributed by atoms with van der Waals surface area (Å²) in [5, 5.41) is 28.0. The van der Waals surface area contributed by atoms with Crippen molar-refractivity contribution in [3.8, 4) is 0 Å². The van der Waals surface area contributed by atoms with Gasteiger partial charge in [-0.1, -0.05) is 220 Å². The minimum Gasteiger partial charge on any atom is -0.480 e. The molecule has 0 aromatic rings. The van der Waals surface area contributed by atoms with Crippen molar-refractivity contribution in [2.45, 2.75) is 352 Å². The Morgan fingerprint density at radius 1 is 0.506 bits per heavy atom. The summed E-state index contributed by atoms with van der Waals surface area (Å²) in [6, 6.07) is -2.53. The molecule has 2 rings (SSSR count). The molecule has 2 fully saturated rings. The molecule has 0 aromatic heterocycles. The van der Waals surface area contributed by atoms with E-state index in [2.05, 4.69) is 50.5 Å². The van der Waals surface area contributed by atoms with Crippen molar-refractivity contribution in [3.63, 3.8) is 0 Å². The van der Waals surface area contributed by atoms with Crippen molar-refractivity contribution in [1.82, 2.24) is 10.6 Å². The first-order chi connectivity index (χ1) is 43.1. The molecule has 2 aliphatic rings. The third-order valence-electron chi connectivity index (χ3n) is 17.0. The van der Waals surface area contributed by atoms with E-state index in [4.69, 9.17) is 42.4 Å². The number of allylic oxidation sites excluding steroid dienone is 2. The van der Waals surface area contributed by atoms with Gasteiger partial charge in [-0.25, -0.2) is 9.36 Å². The van der Waals surface area contributed by atoms with Crippen LogP contribution in [0.25, 0.3) is 0 Å². The summed E-state index contributed by atoms with van der Waals surface area (Å²) in [6.07, 6.45) is 31.6. The zero-order valence-corrected chi connectivity index (χ0v) is 57.2. The normalized spacial score (nSPS) is 22.6. The number of carbonyl (C=O) groups excluding carboxylic acids is 3. The van der Waals surface area contributed by atoms with Gasteiger partial charge in [-0.15, -0.1) is 0 Å². The van der Waals surface area contributed by atoms with Gasteiger partial charge in [0.1, 0.15) is 61.1 Å². The molecule has 2 aliphatic heterocycles. The molecule has 0 bridgehead atoms. The lowest BCUT2D eigenvalue weighted by Gasteiger charge is -2.47. The number of phosphoric ester groups is 1. The van der Waals surface area contributed by atoms with Crippen molar-refractivity contribution >= 4 is 31.4 Å². The topological polar surface area (TPSA) is 273 Å². The van der Waals surface area contributed by atoms with Gasteiger partial charge in [0.25, 0.3) is 0 Å². The van der Waals surface area contributed by atoms with Crippen molar-refractivity contribution < 1.29 is 86.2 Å². The predicted octanol–water partition coefficient (Wildman–Crippen LogP) is 13.6. The van der Waals surface area contributed by atoms with Crippen molar-refractivity contribution in [2.75, 3.05) is 47.3 Å². The number of aliphatic hydroxyl groups excluding tert-OH is 1. The van der Waals surface area contributed by atoms with E-state index in [1.165, 1.54) is 71.3 Å². The number of phosphoric acid groups is 1.